The molecule has 0 aliphatic carbocycles. The van der Waals surface area contributed by atoms with Crippen LogP contribution in [0, 0.1) is 0 Å². The molecule has 0 heterocycles. The van der Waals surface area contributed by atoms with Crippen LogP contribution in [0.4, 0.5) is 0 Å². The third-order valence-electron chi connectivity index (χ3n) is 0.714. The Morgan fingerprint density at radius 2 is 1.78 bits per heavy atom. The molecule has 0 aliphatic rings. The molecule has 58 valence electrons. The summed E-state index contributed by atoms with van der Waals surface area (Å²) in [7, 11) is 0. The molecule has 0 bridgehead atoms. The summed E-state index contributed by atoms with van der Waals surface area (Å²) in [6.07, 6.45) is 1.32. The van der Waals surface area contributed by atoms with E-state index in [0.717, 1.165) is 6.42 Å². The molecule has 5 heteroatoms. The first kappa shape index (κ1) is 12.8. The second-order valence-corrected chi connectivity index (χ2v) is 3.20. The minimum atomic E-state index is -1.08. The quantitative estimate of drug-likeness (QED) is 0.584. The van der Waals surface area contributed by atoms with Gasteiger partial charge in [-0.05, 0) is 19.4 Å². The fourth-order valence-electron chi connectivity index (χ4n) is 0.338. The van der Waals surface area contributed by atoms with Crippen LogP contribution in [-0.4, -0.2) is 11.0 Å². The van der Waals surface area contributed by atoms with E-state index in [9.17, 15) is 0 Å². The molecule has 0 unspecified atom stereocenters. The van der Waals surface area contributed by atoms with Crippen LogP contribution in [0.15, 0.2) is 0 Å². The molecule has 2 nitrogen and oxygen atoms in total. The summed E-state index contributed by atoms with van der Waals surface area (Å²) >= 11 is 10.8. The van der Waals surface area contributed by atoms with Crippen LogP contribution in [0.1, 0.15) is 12.8 Å². The van der Waals surface area contributed by atoms with Crippen LogP contribution in [0.3, 0.4) is 0 Å². The summed E-state index contributed by atoms with van der Waals surface area (Å²) < 4.78 is -1.08. The van der Waals surface area contributed by atoms with E-state index < -0.39 is 4.46 Å². The predicted octanol–water partition coefficient (Wildman–Crippen LogP) is 0.813. The molecular formula is C4H10Cl2N2Pt+2. The number of halogens is 2. The van der Waals surface area contributed by atoms with Crippen molar-refractivity contribution in [2.24, 2.45) is 11.5 Å². The van der Waals surface area contributed by atoms with E-state index in [0.29, 0.717) is 13.0 Å². The Labute approximate surface area is 79.5 Å². The summed E-state index contributed by atoms with van der Waals surface area (Å²) in [5, 5.41) is 0. The SMILES string of the molecule is NCCCC(N)(Cl)Cl.[Pt+2]. The first-order valence-electron chi connectivity index (χ1n) is 2.43. The summed E-state index contributed by atoms with van der Waals surface area (Å²) in [4.78, 5) is 0. The van der Waals surface area contributed by atoms with Crippen molar-refractivity contribution in [3.63, 3.8) is 0 Å². The Balaban J connectivity index is 0. The van der Waals surface area contributed by atoms with Gasteiger partial charge in [-0.3, -0.25) is 0 Å². The third kappa shape index (κ3) is 12.4. The molecule has 0 radical (unpaired) electrons. The molecular weight excluding hydrogens is 342 g/mol. The van der Waals surface area contributed by atoms with Crippen molar-refractivity contribution in [1.82, 2.24) is 0 Å². The van der Waals surface area contributed by atoms with Gasteiger partial charge in [0.05, 0.1) is 0 Å². The molecule has 0 saturated carbocycles. The normalized spacial score (nSPS) is 10.7. The minimum Gasteiger partial charge on any atom is -0.330 e. The first-order valence-corrected chi connectivity index (χ1v) is 3.18. The van der Waals surface area contributed by atoms with Gasteiger partial charge in [0, 0.05) is 0 Å². The van der Waals surface area contributed by atoms with Crippen molar-refractivity contribution in [2.45, 2.75) is 17.3 Å². The Hall–Kier alpha value is 1.19. The second-order valence-electron chi connectivity index (χ2n) is 1.65. The van der Waals surface area contributed by atoms with Gasteiger partial charge in [0.25, 0.3) is 0 Å². The second kappa shape index (κ2) is 5.93. The molecule has 0 saturated heterocycles. The van der Waals surface area contributed by atoms with E-state index in [-0.39, 0.29) is 21.1 Å². The fourth-order valence-corrected chi connectivity index (χ4v) is 0.605. The molecule has 4 N–H and O–H groups in total. The largest absolute Gasteiger partial charge is 2.00 e. The Bertz CT molecular complexity index is 64.1. The van der Waals surface area contributed by atoms with E-state index in [4.69, 9.17) is 34.7 Å². The first-order chi connectivity index (χ1) is 3.56. The molecule has 0 aromatic rings. The number of nitrogens with two attached hydrogens (primary N) is 2. The average molecular weight is 352 g/mol. The van der Waals surface area contributed by atoms with Crippen molar-refractivity contribution in [3.05, 3.63) is 0 Å². The van der Waals surface area contributed by atoms with Gasteiger partial charge in [-0.2, -0.15) is 0 Å². The summed E-state index contributed by atoms with van der Waals surface area (Å²) in [5.74, 6) is 0. The van der Waals surface area contributed by atoms with E-state index in [1.807, 2.05) is 0 Å². The van der Waals surface area contributed by atoms with Crippen LogP contribution in [0.2, 0.25) is 0 Å². The van der Waals surface area contributed by atoms with Gasteiger partial charge in [0.1, 0.15) is 0 Å². The van der Waals surface area contributed by atoms with Crippen molar-refractivity contribution in [3.8, 4) is 0 Å². The van der Waals surface area contributed by atoms with Crippen LogP contribution < -0.4 is 11.5 Å². The maximum absolute atomic E-state index is 5.40. The topological polar surface area (TPSA) is 52.0 Å². The van der Waals surface area contributed by atoms with Crippen LogP contribution in [0.25, 0.3) is 0 Å². The van der Waals surface area contributed by atoms with Crippen LogP contribution in [-0.2, 0) is 21.1 Å². The van der Waals surface area contributed by atoms with Crippen LogP contribution in [0.5, 0.6) is 0 Å². The van der Waals surface area contributed by atoms with E-state index in [1.165, 1.54) is 0 Å². The monoisotopic (exact) mass is 351 g/mol. The number of rotatable bonds is 3. The van der Waals surface area contributed by atoms with Gasteiger partial charge < -0.3 is 11.5 Å². The van der Waals surface area contributed by atoms with Gasteiger partial charge in [0.15, 0.2) is 4.46 Å². The number of hydrogen-bond acceptors (Lipinski definition) is 2. The van der Waals surface area contributed by atoms with Crippen molar-refractivity contribution >= 4 is 23.2 Å². The standard InChI is InChI=1S/C4H10Cl2N2.Pt/c5-4(6,8)2-1-3-7;/h1-3,7-8H2;/q;+2. The van der Waals surface area contributed by atoms with Gasteiger partial charge in [-0.25, -0.2) is 0 Å². The predicted molar refractivity (Wildman–Crippen MR) is 36.9 cm³/mol. The summed E-state index contributed by atoms with van der Waals surface area (Å²) in [5.41, 5.74) is 10.4. The molecule has 0 amide bonds. The third-order valence-corrected chi connectivity index (χ3v) is 1.09. The van der Waals surface area contributed by atoms with E-state index in [1.54, 1.807) is 0 Å². The van der Waals surface area contributed by atoms with Crippen molar-refractivity contribution in [2.75, 3.05) is 6.54 Å². The van der Waals surface area contributed by atoms with Gasteiger partial charge >= 0.3 is 21.1 Å². The summed E-state index contributed by atoms with van der Waals surface area (Å²) in [6, 6.07) is 0. The van der Waals surface area contributed by atoms with E-state index in [2.05, 4.69) is 0 Å². The smallest absolute Gasteiger partial charge is 0.330 e. The number of alkyl halides is 2. The van der Waals surface area contributed by atoms with Crippen LogP contribution >= 0.6 is 23.2 Å². The molecule has 0 fully saturated rings. The Kier molecular flexibility index (Phi) is 8.46. The average Bonchev–Trinajstić information content (AvgIpc) is 1.59. The Morgan fingerprint density at radius 1 is 1.33 bits per heavy atom. The zero-order valence-electron chi connectivity index (χ0n) is 4.85. The van der Waals surface area contributed by atoms with Crippen molar-refractivity contribution < 1.29 is 21.1 Å². The molecule has 0 spiro atoms. The van der Waals surface area contributed by atoms with Gasteiger partial charge in [-0.15, -0.1) is 0 Å². The minimum absolute atomic E-state index is 0. The maximum atomic E-state index is 5.40. The number of hydrogen-bond donors (Lipinski definition) is 2. The molecule has 0 aromatic carbocycles. The fraction of sp³-hybridized carbons (Fsp3) is 1.00. The zero-order valence-corrected chi connectivity index (χ0v) is 8.63. The van der Waals surface area contributed by atoms with Gasteiger partial charge in [-0.1, -0.05) is 23.2 Å². The molecule has 0 atom stereocenters. The molecule has 9 heavy (non-hydrogen) atoms. The van der Waals surface area contributed by atoms with Gasteiger partial charge in [0.2, 0.25) is 0 Å². The Morgan fingerprint density at radius 3 is 1.89 bits per heavy atom. The molecule has 0 rings (SSSR count). The van der Waals surface area contributed by atoms with E-state index >= 15 is 0 Å². The molecule has 0 aromatic heterocycles. The van der Waals surface area contributed by atoms with Crippen molar-refractivity contribution in [1.29, 1.82) is 0 Å². The molecule has 0 aliphatic heterocycles. The zero-order chi connectivity index (χ0) is 6.62. The summed E-state index contributed by atoms with van der Waals surface area (Å²) in [6.45, 7) is 0.582. The maximum Gasteiger partial charge on any atom is 2.00 e.